The average Bonchev–Trinajstić information content (AvgIpc) is 2.99. The van der Waals surface area contributed by atoms with Gasteiger partial charge in [0.2, 0.25) is 0 Å². The lowest BCUT2D eigenvalue weighted by Gasteiger charge is -2.29. The highest BCUT2D eigenvalue weighted by molar-refractivity contribution is 5.66. The Morgan fingerprint density at radius 1 is 1.05 bits per heavy atom. The Labute approximate surface area is 128 Å². The zero-order valence-electron chi connectivity index (χ0n) is 12.2. The Morgan fingerprint density at radius 3 is 2.59 bits per heavy atom. The molecule has 0 unspecified atom stereocenters. The van der Waals surface area contributed by atoms with Crippen LogP contribution in [0.15, 0.2) is 48.8 Å². The van der Waals surface area contributed by atoms with E-state index in [1.807, 2.05) is 16.8 Å². The quantitative estimate of drug-likeness (QED) is 0.789. The van der Waals surface area contributed by atoms with E-state index in [0.717, 1.165) is 43.1 Å². The maximum absolute atomic E-state index is 13.1. The first-order valence-electron chi connectivity index (χ1n) is 7.50. The van der Waals surface area contributed by atoms with E-state index in [1.54, 1.807) is 12.1 Å². The van der Waals surface area contributed by atoms with Crippen molar-refractivity contribution in [2.45, 2.75) is 0 Å². The number of benzene rings is 1. The third-order valence-electron chi connectivity index (χ3n) is 4.10. The Morgan fingerprint density at radius 2 is 1.82 bits per heavy atom. The normalized spacial score (nSPS) is 15.4. The number of nitrogens with one attached hydrogen (secondary N) is 1. The van der Waals surface area contributed by atoms with E-state index < -0.39 is 0 Å². The van der Waals surface area contributed by atoms with Gasteiger partial charge < -0.3 is 10.2 Å². The SMILES string of the molecule is Fc1ccc(-c2ncc3cc(N4CCNCC4)ccn23)cc1. The van der Waals surface area contributed by atoms with E-state index >= 15 is 0 Å². The number of aromatic nitrogens is 2. The first-order valence-corrected chi connectivity index (χ1v) is 7.50. The summed E-state index contributed by atoms with van der Waals surface area (Å²) >= 11 is 0. The summed E-state index contributed by atoms with van der Waals surface area (Å²) in [5, 5.41) is 3.36. The summed E-state index contributed by atoms with van der Waals surface area (Å²) in [7, 11) is 0. The molecule has 112 valence electrons. The molecule has 0 amide bonds. The lowest BCUT2D eigenvalue weighted by Crippen LogP contribution is -2.43. The van der Waals surface area contributed by atoms with Crippen molar-refractivity contribution in [3.05, 3.63) is 54.6 Å². The number of fused-ring (bicyclic) bond motifs is 1. The molecule has 0 radical (unpaired) electrons. The third kappa shape index (κ3) is 2.33. The van der Waals surface area contributed by atoms with Crippen LogP contribution in [-0.4, -0.2) is 35.6 Å². The van der Waals surface area contributed by atoms with Gasteiger partial charge in [0.15, 0.2) is 0 Å². The lowest BCUT2D eigenvalue weighted by atomic mass is 10.2. The standard InChI is InChI=1S/C17H17FN4/c18-14-3-1-13(2-4-14)17-20-12-16-11-15(5-8-22(16)17)21-9-6-19-7-10-21/h1-5,8,11-12,19H,6-7,9-10H2. The van der Waals surface area contributed by atoms with Crippen molar-refractivity contribution in [2.75, 3.05) is 31.1 Å². The second-order valence-corrected chi connectivity index (χ2v) is 5.51. The van der Waals surface area contributed by atoms with Gasteiger partial charge in [-0.2, -0.15) is 0 Å². The zero-order chi connectivity index (χ0) is 14.9. The Hall–Kier alpha value is -2.40. The maximum atomic E-state index is 13.1. The first kappa shape index (κ1) is 13.3. The minimum Gasteiger partial charge on any atom is -0.369 e. The van der Waals surface area contributed by atoms with Gasteiger partial charge in [-0.3, -0.25) is 4.40 Å². The minimum atomic E-state index is -0.231. The van der Waals surface area contributed by atoms with E-state index in [1.165, 1.54) is 17.8 Å². The van der Waals surface area contributed by atoms with Crippen LogP contribution in [0.5, 0.6) is 0 Å². The van der Waals surface area contributed by atoms with Crippen molar-refractivity contribution in [1.82, 2.24) is 14.7 Å². The molecule has 0 spiro atoms. The first-order chi connectivity index (χ1) is 10.8. The molecule has 3 aromatic rings. The van der Waals surface area contributed by atoms with Crippen LogP contribution >= 0.6 is 0 Å². The van der Waals surface area contributed by atoms with E-state index in [-0.39, 0.29) is 5.82 Å². The molecule has 0 atom stereocenters. The molecule has 4 rings (SSSR count). The summed E-state index contributed by atoms with van der Waals surface area (Å²) in [5.41, 5.74) is 3.19. The van der Waals surface area contributed by atoms with E-state index in [4.69, 9.17) is 0 Å². The smallest absolute Gasteiger partial charge is 0.144 e. The number of imidazole rings is 1. The van der Waals surface area contributed by atoms with Crippen LogP contribution in [0.25, 0.3) is 16.9 Å². The molecule has 1 N–H and O–H groups in total. The average molecular weight is 296 g/mol. The maximum Gasteiger partial charge on any atom is 0.144 e. The van der Waals surface area contributed by atoms with E-state index in [9.17, 15) is 4.39 Å². The van der Waals surface area contributed by atoms with Crippen molar-refractivity contribution in [3.63, 3.8) is 0 Å². The highest BCUT2D eigenvalue weighted by Gasteiger charge is 2.12. The number of anilines is 1. The van der Waals surface area contributed by atoms with Gasteiger partial charge in [0.05, 0.1) is 11.7 Å². The molecule has 22 heavy (non-hydrogen) atoms. The topological polar surface area (TPSA) is 32.6 Å². The summed E-state index contributed by atoms with van der Waals surface area (Å²) < 4.78 is 15.1. The Bertz CT molecular complexity index is 788. The molecule has 1 aliphatic heterocycles. The largest absolute Gasteiger partial charge is 0.369 e. The number of hydrogen-bond acceptors (Lipinski definition) is 3. The van der Waals surface area contributed by atoms with Gasteiger partial charge in [-0.05, 0) is 36.4 Å². The molecule has 0 aliphatic carbocycles. The number of hydrogen-bond donors (Lipinski definition) is 1. The van der Waals surface area contributed by atoms with Crippen LogP contribution in [0, 0.1) is 5.82 Å². The molecule has 1 aromatic carbocycles. The van der Waals surface area contributed by atoms with Gasteiger partial charge in [0.25, 0.3) is 0 Å². The lowest BCUT2D eigenvalue weighted by molar-refractivity contribution is 0.589. The van der Waals surface area contributed by atoms with Crippen LogP contribution < -0.4 is 10.2 Å². The molecule has 0 saturated carbocycles. The molecule has 0 bridgehead atoms. The summed E-state index contributed by atoms with van der Waals surface area (Å²) in [5.74, 6) is 0.604. The molecule has 1 fully saturated rings. The summed E-state index contributed by atoms with van der Waals surface area (Å²) in [6, 6.07) is 10.7. The second kappa shape index (κ2) is 5.42. The van der Waals surface area contributed by atoms with Crippen LogP contribution in [-0.2, 0) is 0 Å². The summed E-state index contributed by atoms with van der Waals surface area (Å²) in [6.07, 6.45) is 3.91. The van der Waals surface area contributed by atoms with Crippen molar-refractivity contribution in [2.24, 2.45) is 0 Å². The Kier molecular flexibility index (Phi) is 3.27. The predicted octanol–water partition coefficient (Wildman–Crippen LogP) is 2.55. The van der Waals surface area contributed by atoms with Crippen LogP contribution in [0.3, 0.4) is 0 Å². The third-order valence-corrected chi connectivity index (χ3v) is 4.10. The highest BCUT2D eigenvalue weighted by Crippen LogP contribution is 2.23. The number of nitrogens with zero attached hydrogens (tertiary/aromatic N) is 3. The molecule has 2 aromatic heterocycles. The number of rotatable bonds is 2. The molecule has 1 aliphatic rings. The zero-order valence-corrected chi connectivity index (χ0v) is 12.2. The molecular formula is C17H17FN4. The van der Waals surface area contributed by atoms with Gasteiger partial charge in [-0.25, -0.2) is 9.37 Å². The van der Waals surface area contributed by atoms with Crippen LogP contribution in [0.2, 0.25) is 0 Å². The predicted molar refractivity (Wildman–Crippen MR) is 85.7 cm³/mol. The molecular weight excluding hydrogens is 279 g/mol. The highest BCUT2D eigenvalue weighted by atomic mass is 19.1. The van der Waals surface area contributed by atoms with Gasteiger partial charge in [-0.15, -0.1) is 0 Å². The fraction of sp³-hybridized carbons (Fsp3) is 0.235. The minimum absolute atomic E-state index is 0.231. The Balaban J connectivity index is 1.72. The molecule has 4 nitrogen and oxygen atoms in total. The van der Waals surface area contributed by atoms with Crippen molar-refractivity contribution in [1.29, 1.82) is 0 Å². The van der Waals surface area contributed by atoms with E-state index in [2.05, 4.69) is 27.3 Å². The van der Waals surface area contributed by atoms with Crippen molar-refractivity contribution in [3.8, 4) is 11.4 Å². The fourth-order valence-corrected chi connectivity index (χ4v) is 2.92. The fourth-order valence-electron chi connectivity index (χ4n) is 2.92. The van der Waals surface area contributed by atoms with Gasteiger partial charge in [-0.1, -0.05) is 0 Å². The molecule has 3 heterocycles. The number of piperazine rings is 1. The molecule has 1 saturated heterocycles. The summed E-state index contributed by atoms with van der Waals surface area (Å²) in [4.78, 5) is 6.87. The van der Waals surface area contributed by atoms with Gasteiger partial charge >= 0.3 is 0 Å². The van der Waals surface area contributed by atoms with Crippen molar-refractivity contribution < 1.29 is 4.39 Å². The number of pyridine rings is 1. The second-order valence-electron chi connectivity index (χ2n) is 5.51. The van der Waals surface area contributed by atoms with Crippen molar-refractivity contribution >= 4 is 11.2 Å². The number of halogens is 1. The monoisotopic (exact) mass is 296 g/mol. The van der Waals surface area contributed by atoms with Crippen LogP contribution in [0.4, 0.5) is 10.1 Å². The van der Waals surface area contributed by atoms with Crippen LogP contribution in [0.1, 0.15) is 0 Å². The van der Waals surface area contributed by atoms with Gasteiger partial charge in [0, 0.05) is 43.6 Å². The summed E-state index contributed by atoms with van der Waals surface area (Å²) in [6.45, 7) is 4.08. The van der Waals surface area contributed by atoms with Gasteiger partial charge in [0.1, 0.15) is 11.6 Å². The molecule has 5 heteroatoms. The van der Waals surface area contributed by atoms with E-state index in [0.29, 0.717) is 0 Å².